The molecule has 0 spiro atoms. The van der Waals surface area contributed by atoms with Gasteiger partial charge in [-0.15, -0.1) is 0 Å². The Hall–Kier alpha value is -1.74. The van der Waals surface area contributed by atoms with Gasteiger partial charge in [0, 0.05) is 21.7 Å². The molecule has 0 saturated carbocycles. The molecule has 0 aliphatic heterocycles. The van der Waals surface area contributed by atoms with Gasteiger partial charge in [0.05, 0.1) is 23.3 Å². The third-order valence-corrected chi connectivity index (χ3v) is 0. The zero-order valence-corrected chi connectivity index (χ0v) is 15.3. The van der Waals surface area contributed by atoms with Crippen LogP contribution in [0.5, 0.6) is 0 Å². The minimum absolute atomic E-state index is 0. The van der Waals surface area contributed by atoms with Crippen LogP contribution in [0, 0.1) is 21.6 Å². The molecule has 0 bridgehead atoms. The Kier molecular flexibility index (Phi) is 53.8. The molecule has 0 aromatic carbocycles. The van der Waals surface area contributed by atoms with E-state index < -0.39 is 0 Å². The molecule has 0 aliphatic rings. The summed E-state index contributed by atoms with van der Waals surface area (Å²) in [5.74, 6) is 0.833. The molecule has 0 rings (SSSR count). The first-order chi connectivity index (χ1) is 8.66. The molecule has 9 nitrogen and oxygen atoms in total. The Bertz CT molecular complexity index is 215. The minimum Gasteiger partial charge on any atom is -0.388 e. The number of carbonyl (C=O) groups excluding carboxylic acids is 1. The van der Waals surface area contributed by atoms with Crippen molar-refractivity contribution >= 4 is 29.1 Å². The number of carbonyl (C=O) groups is 1. The Morgan fingerprint density at radius 2 is 0.571 bits per heavy atom. The average Bonchev–Trinajstić information content (AvgIpc) is 1.94. The summed E-state index contributed by atoms with van der Waals surface area (Å²) in [6.45, 7) is 9.17. The van der Waals surface area contributed by atoms with Gasteiger partial charge in [-0.25, -0.2) is 0 Å². The minimum atomic E-state index is 0. The van der Waals surface area contributed by atoms with Gasteiger partial charge in [-0.05, 0) is 41.5 Å². The van der Waals surface area contributed by atoms with Crippen LogP contribution in [0.2, 0.25) is 0 Å². The van der Waals surface area contributed by atoms with E-state index >= 15 is 0 Å². The second-order valence-electron chi connectivity index (χ2n) is 3.64. The maximum Gasteiger partial charge on any atom is 0.126 e. The van der Waals surface area contributed by atoms with Crippen molar-refractivity contribution in [2.45, 2.75) is 41.5 Å². The van der Waals surface area contributed by atoms with E-state index in [1.165, 1.54) is 41.5 Å². The fraction of sp³-hybridized carbons (Fsp3) is 0.545. The number of ketones is 1. The molecule has 0 radical (unpaired) electrons. The predicted octanol–water partition coefficient (Wildman–Crippen LogP) is 0.362. The summed E-state index contributed by atoms with van der Waals surface area (Å²) in [4.78, 5) is 9.44. The topological polar surface area (TPSA) is 217 Å². The molecule has 21 heavy (non-hydrogen) atoms. The van der Waals surface area contributed by atoms with Crippen molar-refractivity contribution in [1.29, 1.82) is 21.6 Å². The first-order valence-corrected chi connectivity index (χ1v) is 5.36. The number of nitrogens with two attached hydrogens (primary N) is 4. The average molecular weight is 338 g/mol. The molecule has 0 heterocycles. The number of nitrogens with one attached hydrogen (secondary N) is 4. The SMILES string of the molecule is CC(=N)N.CC(=N)N.CC(=N)N.CC(=N)N.CC(C)=O.[Ti]. The summed E-state index contributed by atoms with van der Waals surface area (Å²) in [5.41, 5.74) is 18.8. The Balaban J connectivity index is -0.0000000331. The Morgan fingerprint density at radius 1 is 0.571 bits per heavy atom. The van der Waals surface area contributed by atoms with Crippen molar-refractivity contribution in [1.82, 2.24) is 0 Å². The van der Waals surface area contributed by atoms with Gasteiger partial charge in [-0.1, -0.05) is 0 Å². The Labute approximate surface area is 142 Å². The fourth-order valence-corrected chi connectivity index (χ4v) is 0. The van der Waals surface area contributed by atoms with Crippen LogP contribution in [0.25, 0.3) is 0 Å². The molecular weight excluding hydrogens is 308 g/mol. The van der Waals surface area contributed by atoms with E-state index in [0.717, 1.165) is 0 Å². The predicted molar refractivity (Wildman–Crippen MR) is 86.7 cm³/mol. The van der Waals surface area contributed by atoms with E-state index in [-0.39, 0.29) is 50.8 Å². The van der Waals surface area contributed by atoms with Crippen LogP contribution < -0.4 is 22.9 Å². The standard InChI is InChI=1S/C3H6O.4C2H6N2.Ti/c1-3(2)4;4*1-2(3)4;/h1-2H3;4*1H3,(H3,3,4);. The summed E-state index contributed by atoms with van der Waals surface area (Å²) in [6, 6.07) is 0. The van der Waals surface area contributed by atoms with Crippen molar-refractivity contribution in [2.24, 2.45) is 22.9 Å². The van der Waals surface area contributed by atoms with E-state index in [1.807, 2.05) is 0 Å². The molecule has 0 amide bonds. The summed E-state index contributed by atoms with van der Waals surface area (Å²) in [7, 11) is 0. The van der Waals surface area contributed by atoms with Crippen LogP contribution in [0.15, 0.2) is 0 Å². The number of hydrogen-bond donors (Lipinski definition) is 8. The summed E-state index contributed by atoms with van der Waals surface area (Å²) in [5, 5.41) is 25.1. The molecule has 10 heteroatoms. The van der Waals surface area contributed by atoms with Crippen molar-refractivity contribution in [3.8, 4) is 0 Å². The van der Waals surface area contributed by atoms with Crippen molar-refractivity contribution in [3.63, 3.8) is 0 Å². The first kappa shape index (κ1) is 36.5. The Morgan fingerprint density at radius 3 is 0.571 bits per heavy atom. The molecule has 0 aliphatic carbocycles. The first-order valence-electron chi connectivity index (χ1n) is 5.36. The van der Waals surface area contributed by atoms with Gasteiger partial charge in [0.1, 0.15) is 5.78 Å². The van der Waals surface area contributed by atoms with Gasteiger partial charge in [0.25, 0.3) is 0 Å². The van der Waals surface area contributed by atoms with Crippen LogP contribution in [0.4, 0.5) is 0 Å². The van der Waals surface area contributed by atoms with E-state index in [0.29, 0.717) is 0 Å². The van der Waals surface area contributed by atoms with E-state index in [1.54, 1.807) is 0 Å². The molecule has 0 atom stereocenters. The maximum atomic E-state index is 9.44. The van der Waals surface area contributed by atoms with Crippen LogP contribution in [0.1, 0.15) is 41.5 Å². The number of amidine groups is 4. The van der Waals surface area contributed by atoms with Crippen LogP contribution in [0.3, 0.4) is 0 Å². The van der Waals surface area contributed by atoms with Gasteiger partial charge < -0.3 is 27.7 Å². The van der Waals surface area contributed by atoms with E-state index in [9.17, 15) is 4.79 Å². The zero-order chi connectivity index (χ0) is 17.9. The normalized spacial score (nSPS) is 6.00. The van der Waals surface area contributed by atoms with Crippen LogP contribution in [-0.4, -0.2) is 29.1 Å². The monoisotopic (exact) mass is 338 g/mol. The van der Waals surface area contributed by atoms with E-state index in [2.05, 4.69) is 0 Å². The number of hydrogen-bond acceptors (Lipinski definition) is 5. The summed E-state index contributed by atoms with van der Waals surface area (Å²) >= 11 is 0. The van der Waals surface area contributed by atoms with Gasteiger partial charge in [0.15, 0.2) is 0 Å². The van der Waals surface area contributed by atoms with Gasteiger partial charge >= 0.3 is 0 Å². The number of rotatable bonds is 0. The smallest absolute Gasteiger partial charge is 0.126 e. The fourth-order valence-electron chi connectivity index (χ4n) is 0. The molecule has 0 fully saturated rings. The van der Waals surface area contributed by atoms with Crippen LogP contribution >= 0.6 is 0 Å². The molecule has 0 aromatic heterocycles. The third-order valence-electron chi connectivity index (χ3n) is 0. The molecule has 12 N–H and O–H groups in total. The summed E-state index contributed by atoms with van der Waals surface area (Å²) < 4.78 is 0. The molecular formula is C11H30N8OTi. The van der Waals surface area contributed by atoms with Crippen molar-refractivity contribution < 1.29 is 26.5 Å². The van der Waals surface area contributed by atoms with Crippen molar-refractivity contribution in [3.05, 3.63) is 0 Å². The zero-order valence-electron chi connectivity index (χ0n) is 13.7. The third kappa shape index (κ3) is 1600. The van der Waals surface area contributed by atoms with Gasteiger partial charge in [-0.3, -0.25) is 21.6 Å². The largest absolute Gasteiger partial charge is 0.388 e. The maximum absolute atomic E-state index is 9.44. The molecule has 124 valence electrons. The van der Waals surface area contributed by atoms with Gasteiger partial charge in [-0.2, -0.15) is 0 Å². The summed E-state index contributed by atoms with van der Waals surface area (Å²) in [6.07, 6.45) is 0. The van der Waals surface area contributed by atoms with Gasteiger partial charge in [0.2, 0.25) is 0 Å². The number of Topliss-reactive ketones (excluding diaryl/α,β-unsaturated/α-hetero) is 1. The van der Waals surface area contributed by atoms with Crippen molar-refractivity contribution in [2.75, 3.05) is 0 Å². The molecule has 0 saturated heterocycles. The molecule has 0 aromatic rings. The second kappa shape index (κ2) is 30.9. The quantitative estimate of drug-likeness (QED) is 0.178. The van der Waals surface area contributed by atoms with Crippen LogP contribution in [-0.2, 0) is 26.5 Å². The molecule has 0 unspecified atom stereocenters. The second-order valence-corrected chi connectivity index (χ2v) is 3.64. The van der Waals surface area contributed by atoms with E-state index in [4.69, 9.17) is 44.6 Å².